The number of rotatable bonds is 64. The van der Waals surface area contributed by atoms with Gasteiger partial charge in [-0.2, -0.15) is 0 Å². The van der Waals surface area contributed by atoms with Crippen molar-refractivity contribution in [3.05, 3.63) is 99.7 Å². The Morgan fingerprint density at radius 1 is 0.430 bits per heavy atom. The summed E-state index contributed by atoms with van der Waals surface area (Å²) in [7, 11) is 0. The zero-order valence-corrected chi connectivity index (χ0v) is 63.8. The van der Waals surface area contributed by atoms with E-state index in [9.17, 15) is 38.4 Å². The molecule has 0 spiro atoms. The van der Waals surface area contributed by atoms with Gasteiger partial charge in [0, 0.05) is 57.2 Å². The summed E-state index contributed by atoms with van der Waals surface area (Å²) in [4.78, 5) is 103. The number of benzene rings is 2. The number of nitrogens with zero attached hydrogens (tertiary/aromatic N) is 1. The minimum absolute atomic E-state index is 0.0183. The van der Waals surface area contributed by atoms with E-state index in [0.717, 1.165) is 120 Å². The molecule has 0 heterocycles. The first-order chi connectivity index (χ1) is 48.7. The fourth-order valence-corrected chi connectivity index (χ4v) is 13.3. The summed E-state index contributed by atoms with van der Waals surface area (Å²) < 4.78 is 41.8. The number of unbranched alkanes of at least 4 members (excludes halogenated alkanes) is 29. The molecule has 2 rings (SSSR count). The minimum Gasteiger partial charge on any atom is -0.490 e. The van der Waals surface area contributed by atoms with E-state index in [1.165, 1.54) is 115 Å². The molecule has 0 fully saturated rings. The Hall–Kier alpha value is -6.45. The SMILES string of the molecule is C=CC(=O)OCC(COC(=O)C=C)(COC(=O)C=C)COC(=O)CCCCCCCNC(=O)N(CCCCCCNC(=O)OC(CCCCCCCCCCCC)COc1ccc([I+]c2ccccc2)cc1)C(=O)NCCCCCCCC(=O)OC(CC)CCCCCCCCCCCC. The van der Waals surface area contributed by atoms with Gasteiger partial charge in [0.05, 0.1) is 0 Å². The van der Waals surface area contributed by atoms with E-state index in [4.69, 9.17) is 33.2 Å². The first kappa shape index (κ1) is 89.6. The van der Waals surface area contributed by atoms with E-state index in [1.807, 2.05) is 18.2 Å². The Labute approximate surface area is 611 Å². The van der Waals surface area contributed by atoms with Crippen molar-refractivity contribution < 1.29 is 92.7 Å². The predicted octanol–water partition coefficient (Wildman–Crippen LogP) is 14.9. The van der Waals surface area contributed by atoms with Gasteiger partial charge in [0.15, 0.2) is 7.14 Å². The standard InChI is InChI=1S/C80H127IN4O15/c1-7-13-15-17-19-21-23-25-29-40-50-69(9-3)99-76(90)53-43-32-28-34-45-59-83-78(92)85(77(91)82-58-44-33-27-31-42-52-75(89)98-66-80(63-95-72(86)10-4,64-96-73(87)11-5)65-97-74(88)12-6)61-47-36-35-46-60-84-79(93)100-71(51-41-30-26-24-22-20-18-16-14-8-2)62-94-70-56-54-68(55-57-70)81-67-48-38-37-39-49-67/h10-12,37-39,48-49,54-57,69,71H,4-9,13-36,40-47,50-53,58-66H2,1-3H3,(H2-,82,83,84,91,92,93)/p+1. The van der Waals surface area contributed by atoms with Gasteiger partial charge in [-0.05, 0) is 107 Å². The number of carbonyl (C=O) groups is 8. The van der Waals surface area contributed by atoms with Crippen molar-refractivity contribution in [2.24, 2.45) is 5.41 Å². The summed E-state index contributed by atoms with van der Waals surface area (Å²) in [6.45, 7) is 16.6. The first-order valence-electron chi connectivity index (χ1n) is 38.1. The van der Waals surface area contributed by atoms with Gasteiger partial charge in [0.2, 0.25) is 0 Å². The highest BCUT2D eigenvalue weighted by Gasteiger charge is 2.38. The number of alkyl carbamates (subject to hydrolysis) is 1. The lowest BCUT2D eigenvalue weighted by molar-refractivity contribution is -0.597. The van der Waals surface area contributed by atoms with E-state index in [0.29, 0.717) is 64.6 Å². The molecule has 0 radical (unpaired) electrons. The van der Waals surface area contributed by atoms with E-state index in [-0.39, 0.29) is 52.9 Å². The van der Waals surface area contributed by atoms with Gasteiger partial charge >= 0.3 is 69.2 Å². The lowest BCUT2D eigenvalue weighted by atomic mass is 9.92. The highest BCUT2D eigenvalue weighted by Crippen LogP contribution is 2.24. The largest absolute Gasteiger partial charge is 0.490 e. The molecule has 2 aromatic carbocycles. The average molecular weight is 1510 g/mol. The molecule has 2 aromatic rings. The molecule has 0 bridgehead atoms. The van der Waals surface area contributed by atoms with Crippen molar-refractivity contribution in [2.75, 3.05) is 59.2 Å². The smallest absolute Gasteiger partial charge is 0.407 e. The summed E-state index contributed by atoms with van der Waals surface area (Å²) in [5.74, 6) is -2.29. The average Bonchev–Trinajstić information content (AvgIpc) is 1.20. The molecule has 100 heavy (non-hydrogen) atoms. The van der Waals surface area contributed by atoms with Crippen LogP contribution in [0.25, 0.3) is 0 Å². The molecule has 0 saturated carbocycles. The number of amides is 5. The maximum absolute atomic E-state index is 13.7. The van der Waals surface area contributed by atoms with E-state index < -0.39 is 80.0 Å². The quantitative estimate of drug-likeness (QED) is 0.0183. The number of nitrogens with one attached hydrogen (secondary N) is 3. The van der Waals surface area contributed by atoms with Gasteiger partial charge in [-0.25, -0.2) is 33.7 Å². The van der Waals surface area contributed by atoms with Crippen LogP contribution >= 0.6 is 0 Å². The fraction of sp³-hybridized carbons (Fsp3) is 0.675. The molecule has 3 N–H and O–H groups in total. The third-order valence-electron chi connectivity index (χ3n) is 17.3. The molecule has 0 aliphatic heterocycles. The van der Waals surface area contributed by atoms with Crippen molar-refractivity contribution in [2.45, 2.75) is 283 Å². The van der Waals surface area contributed by atoms with E-state index in [1.54, 1.807) is 0 Å². The summed E-state index contributed by atoms with van der Waals surface area (Å²) in [6.07, 6.45) is 39.9. The van der Waals surface area contributed by atoms with Gasteiger partial charge in [-0.15, -0.1) is 0 Å². The lowest BCUT2D eigenvalue weighted by Gasteiger charge is -2.31. The van der Waals surface area contributed by atoms with Crippen LogP contribution in [0.15, 0.2) is 92.6 Å². The fourth-order valence-electron chi connectivity index (χ4n) is 11.1. The van der Waals surface area contributed by atoms with Gasteiger partial charge in [-0.1, -0.05) is 226 Å². The van der Waals surface area contributed by atoms with E-state index >= 15 is 0 Å². The van der Waals surface area contributed by atoms with Crippen LogP contribution in [0.3, 0.4) is 0 Å². The zero-order chi connectivity index (χ0) is 72.8. The second-order valence-electron chi connectivity index (χ2n) is 26.2. The third-order valence-corrected chi connectivity index (χ3v) is 20.0. The van der Waals surface area contributed by atoms with Crippen LogP contribution < -0.4 is 41.9 Å². The Kier molecular flexibility index (Phi) is 54.9. The Morgan fingerprint density at radius 2 is 0.820 bits per heavy atom. The molecule has 5 amide bonds. The number of esters is 5. The van der Waals surface area contributed by atoms with Crippen LogP contribution in [0.4, 0.5) is 14.4 Å². The molecule has 20 heteroatoms. The number of carbonyl (C=O) groups excluding carboxylic acids is 8. The molecular formula is C80H128IN4O15+. The molecule has 2 unspecified atom stereocenters. The van der Waals surface area contributed by atoms with Crippen LogP contribution in [0.1, 0.15) is 271 Å². The first-order valence-corrected chi connectivity index (χ1v) is 40.3. The Balaban J connectivity index is 1.91. The highest BCUT2D eigenvalue weighted by molar-refractivity contribution is 5.93. The van der Waals surface area contributed by atoms with Crippen molar-refractivity contribution in [1.82, 2.24) is 20.9 Å². The van der Waals surface area contributed by atoms with Crippen molar-refractivity contribution >= 4 is 48.0 Å². The van der Waals surface area contributed by atoms with Gasteiger partial charge in [0.1, 0.15) is 56.4 Å². The van der Waals surface area contributed by atoms with Crippen molar-refractivity contribution in [3.63, 3.8) is 0 Å². The molecular weight excluding hydrogens is 1380 g/mol. The Morgan fingerprint density at radius 3 is 1.28 bits per heavy atom. The van der Waals surface area contributed by atoms with Gasteiger partial charge in [-0.3, -0.25) is 9.59 Å². The second kappa shape index (κ2) is 61.2. The van der Waals surface area contributed by atoms with E-state index in [2.05, 4.69) is 92.9 Å². The summed E-state index contributed by atoms with van der Waals surface area (Å²) in [5, 5.41) is 8.82. The number of urea groups is 2. The van der Waals surface area contributed by atoms with Gasteiger partial charge < -0.3 is 49.1 Å². The number of ether oxygens (including phenoxy) is 7. The normalized spacial score (nSPS) is 11.7. The number of hydrogen-bond acceptors (Lipinski definition) is 15. The lowest BCUT2D eigenvalue weighted by Crippen LogP contribution is -3.61. The summed E-state index contributed by atoms with van der Waals surface area (Å²) in [5.41, 5.74) is -1.43. The van der Waals surface area contributed by atoms with Crippen LogP contribution in [0, 0.1) is 12.6 Å². The maximum atomic E-state index is 13.7. The van der Waals surface area contributed by atoms with Crippen LogP contribution in [-0.2, 0) is 52.4 Å². The molecule has 0 aliphatic carbocycles. The predicted molar refractivity (Wildman–Crippen MR) is 391 cm³/mol. The molecule has 0 aromatic heterocycles. The van der Waals surface area contributed by atoms with Crippen molar-refractivity contribution in [1.29, 1.82) is 0 Å². The number of imide groups is 1. The topological polar surface area (TPSA) is 240 Å². The minimum atomic E-state index is -1.43. The highest BCUT2D eigenvalue weighted by atomic mass is 127. The number of halogens is 1. The summed E-state index contributed by atoms with van der Waals surface area (Å²) in [6, 6.07) is 17.8. The number of hydrogen-bond donors (Lipinski definition) is 3. The van der Waals surface area contributed by atoms with Crippen LogP contribution in [0.5, 0.6) is 5.75 Å². The van der Waals surface area contributed by atoms with Crippen LogP contribution in [-0.4, -0.2) is 124 Å². The molecule has 0 saturated heterocycles. The summed E-state index contributed by atoms with van der Waals surface area (Å²) >= 11 is -0.294. The van der Waals surface area contributed by atoms with Crippen LogP contribution in [0.2, 0.25) is 0 Å². The zero-order valence-electron chi connectivity index (χ0n) is 61.6. The molecule has 19 nitrogen and oxygen atoms in total. The monoisotopic (exact) mass is 1510 g/mol. The molecule has 564 valence electrons. The molecule has 0 aliphatic rings. The van der Waals surface area contributed by atoms with Crippen molar-refractivity contribution in [3.8, 4) is 5.75 Å². The maximum Gasteiger partial charge on any atom is 0.407 e. The molecule has 2 atom stereocenters. The van der Waals surface area contributed by atoms with Gasteiger partial charge in [0.25, 0.3) is 0 Å². The Bertz CT molecular complexity index is 2480. The second-order valence-corrected chi connectivity index (χ2v) is 29.3. The third kappa shape index (κ3) is 48.4.